The maximum absolute atomic E-state index is 12.6. The quantitative estimate of drug-likeness (QED) is 0.674. The number of amides is 1. The van der Waals surface area contributed by atoms with Crippen LogP contribution < -0.4 is 4.74 Å². The van der Waals surface area contributed by atoms with Gasteiger partial charge >= 0.3 is 0 Å². The molecule has 0 atom stereocenters. The van der Waals surface area contributed by atoms with Crippen molar-refractivity contribution in [1.82, 2.24) is 4.90 Å². The summed E-state index contributed by atoms with van der Waals surface area (Å²) in [6.07, 6.45) is 3.91. The zero-order chi connectivity index (χ0) is 20.9. The molecule has 29 heavy (non-hydrogen) atoms. The van der Waals surface area contributed by atoms with Crippen LogP contribution in [0.15, 0.2) is 24.3 Å². The van der Waals surface area contributed by atoms with E-state index in [0.29, 0.717) is 19.5 Å². The molecule has 2 aliphatic rings. The van der Waals surface area contributed by atoms with Gasteiger partial charge < -0.3 is 14.4 Å². The molecule has 1 amide bonds. The minimum absolute atomic E-state index is 0.105. The van der Waals surface area contributed by atoms with E-state index in [1.165, 1.54) is 0 Å². The second kappa shape index (κ2) is 9.94. The van der Waals surface area contributed by atoms with Crippen LogP contribution in [0.2, 0.25) is 0 Å². The molecule has 0 saturated carbocycles. The van der Waals surface area contributed by atoms with Gasteiger partial charge in [0.15, 0.2) is 9.84 Å². The summed E-state index contributed by atoms with van der Waals surface area (Å²) in [6, 6.07) is 7.77. The molecule has 0 aliphatic carbocycles. The second-order valence-electron chi connectivity index (χ2n) is 8.45. The summed E-state index contributed by atoms with van der Waals surface area (Å²) >= 11 is 0. The highest BCUT2D eigenvalue weighted by Gasteiger charge is 2.28. The first-order chi connectivity index (χ1) is 13.8. The van der Waals surface area contributed by atoms with Gasteiger partial charge in [0.25, 0.3) is 0 Å². The Balaban J connectivity index is 1.44. The molecule has 0 bridgehead atoms. The third-order valence-electron chi connectivity index (χ3n) is 5.90. The summed E-state index contributed by atoms with van der Waals surface area (Å²) in [5, 5.41) is -0.333. The monoisotopic (exact) mass is 423 g/mol. The van der Waals surface area contributed by atoms with E-state index in [2.05, 4.69) is 0 Å². The highest BCUT2D eigenvalue weighted by molar-refractivity contribution is 7.91. The van der Waals surface area contributed by atoms with Crippen molar-refractivity contribution in [2.24, 2.45) is 5.92 Å². The minimum Gasteiger partial charge on any atom is -0.490 e. The summed E-state index contributed by atoms with van der Waals surface area (Å²) in [4.78, 5) is 14.5. The highest BCUT2D eigenvalue weighted by atomic mass is 32.2. The van der Waals surface area contributed by atoms with Crippen molar-refractivity contribution in [2.45, 2.75) is 57.3 Å². The Hall–Kier alpha value is -1.60. The van der Waals surface area contributed by atoms with E-state index in [9.17, 15) is 13.2 Å². The highest BCUT2D eigenvalue weighted by Crippen LogP contribution is 2.22. The van der Waals surface area contributed by atoms with Crippen LogP contribution in [0.25, 0.3) is 0 Å². The van der Waals surface area contributed by atoms with Crippen molar-refractivity contribution in [2.75, 3.05) is 32.1 Å². The number of hydrogen-bond donors (Lipinski definition) is 0. The van der Waals surface area contributed by atoms with Crippen molar-refractivity contribution in [3.8, 4) is 5.75 Å². The normalized spacial score (nSPS) is 19.5. The number of piperidine rings is 1. The van der Waals surface area contributed by atoms with Gasteiger partial charge in [-0.1, -0.05) is 12.1 Å². The minimum atomic E-state index is -3.02. The van der Waals surface area contributed by atoms with Gasteiger partial charge in [-0.3, -0.25) is 4.79 Å². The molecule has 2 aliphatic heterocycles. The van der Waals surface area contributed by atoms with Crippen LogP contribution in [0.1, 0.15) is 45.1 Å². The number of ether oxygens (including phenoxy) is 2. The Morgan fingerprint density at radius 2 is 1.72 bits per heavy atom. The maximum atomic E-state index is 12.6. The first-order valence-electron chi connectivity index (χ1n) is 10.7. The van der Waals surface area contributed by atoms with Crippen molar-refractivity contribution in [1.29, 1.82) is 0 Å². The van der Waals surface area contributed by atoms with E-state index in [-0.39, 0.29) is 28.9 Å². The SMILES string of the molecule is CC(C)S(=O)(=O)CC1CCN(C(=O)Cc2ccc(OC3CCOCC3)cc2)CC1. The average molecular weight is 424 g/mol. The van der Waals surface area contributed by atoms with Crippen LogP contribution in [-0.4, -0.2) is 62.6 Å². The molecule has 7 heteroatoms. The van der Waals surface area contributed by atoms with Gasteiger partial charge in [-0.05, 0) is 50.3 Å². The summed E-state index contributed by atoms with van der Waals surface area (Å²) in [7, 11) is -3.02. The lowest BCUT2D eigenvalue weighted by molar-refractivity contribution is -0.131. The molecule has 1 aromatic rings. The van der Waals surface area contributed by atoms with Gasteiger partial charge in [0, 0.05) is 25.9 Å². The number of hydrogen-bond acceptors (Lipinski definition) is 5. The van der Waals surface area contributed by atoms with Crippen LogP contribution in [0, 0.1) is 5.92 Å². The van der Waals surface area contributed by atoms with Gasteiger partial charge in [-0.2, -0.15) is 0 Å². The molecule has 3 rings (SSSR count). The zero-order valence-electron chi connectivity index (χ0n) is 17.5. The molecule has 2 fully saturated rings. The molecule has 1 aromatic carbocycles. The summed E-state index contributed by atoms with van der Waals surface area (Å²) in [6.45, 7) is 6.24. The van der Waals surface area contributed by atoms with Crippen LogP contribution in [0.3, 0.4) is 0 Å². The lowest BCUT2D eigenvalue weighted by Gasteiger charge is -2.32. The lowest BCUT2D eigenvalue weighted by Crippen LogP contribution is -2.41. The van der Waals surface area contributed by atoms with Crippen LogP contribution in [0.4, 0.5) is 0 Å². The molecular formula is C22H33NO5S. The molecule has 0 aromatic heterocycles. The van der Waals surface area contributed by atoms with E-state index in [4.69, 9.17) is 9.47 Å². The van der Waals surface area contributed by atoms with E-state index in [1.54, 1.807) is 13.8 Å². The van der Waals surface area contributed by atoms with E-state index >= 15 is 0 Å². The lowest BCUT2D eigenvalue weighted by atomic mass is 9.98. The molecule has 2 heterocycles. The van der Waals surface area contributed by atoms with Gasteiger partial charge in [0.2, 0.25) is 5.91 Å². The topological polar surface area (TPSA) is 72.9 Å². The predicted octanol–water partition coefficient (Wildman–Crippen LogP) is 2.85. The number of likely N-dealkylation sites (tertiary alicyclic amines) is 1. The molecule has 0 N–H and O–H groups in total. The largest absolute Gasteiger partial charge is 0.490 e. The van der Waals surface area contributed by atoms with Crippen LogP contribution in [0.5, 0.6) is 5.75 Å². The molecule has 162 valence electrons. The fourth-order valence-electron chi connectivity index (χ4n) is 3.83. The Labute approximate surface area is 174 Å². The molecule has 0 spiro atoms. The van der Waals surface area contributed by atoms with Crippen LogP contribution >= 0.6 is 0 Å². The predicted molar refractivity (Wildman–Crippen MR) is 113 cm³/mol. The summed E-state index contributed by atoms with van der Waals surface area (Å²) in [5.74, 6) is 1.34. The Bertz CT molecular complexity index is 761. The first-order valence-corrected chi connectivity index (χ1v) is 12.4. The summed E-state index contributed by atoms with van der Waals surface area (Å²) < 4.78 is 35.5. The molecular weight excluding hydrogens is 390 g/mol. The fourth-order valence-corrected chi connectivity index (χ4v) is 5.20. The van der Waals surface area contributed by atoms with Gasteiger partial charge in [0.1, 0.15) is 11.9 Å². The smallest absolute Gasteiger partial charge is 0.226 e. The third-order valence-corrected chi connectivity index (χ3v) is 8.28. The maximum Gasteiger partial charge on any atom is 0.226 e. The number of carbonyl (C=O) groups excluding carboxylic acids is 1. The summed E-state index contributed by atoms with van der Waals surface area (Å²) in [5.41, 5.74) is 0.971. The number of rotatable bonds is 7. The Morgan fingerprint density at radius 3 is 2.31 bits per heavy atom. The van der Waals surface area contributed by atoms with Crippen molar-refractivity contribution >= 4 is 15.7 Å². The van der Waals surface area contributed by atoms with E-state index < -0.39 is 9.84 Å². The molecule has 0 unspecified atom stereocenters. The standard InChI is InChI=1S/C22H33NO5S/c1-17(2)29(25,26)16-19-7-11-23(12-8-19)22(24)15-18-3-5-20(6-4-18)28-21-9-13-27-14-10-21/h3-6,17,19,21H,7-16H2,1-2H3. The van der Waals surface area contributed by atoms with E-state index in [1.807, 2.05) is 29.2 Å². The molecule has 2 saturated heterocycles. The van der Waals surface area contributed by atoms with Crippen molar-refractivity contribution in [3.05, 3.63) is 29.8 Å². The number of carbonyl (C=O) groups is 1. The van der Waals surface area contributed by atoms with Gasteiger partial charge in [-0.15, -0.1) is 0 Å². The van der Waals surface area contributed by atoms with Gasteiger partial charge in [0.05, 0.1) is 30.6 Å². The third kappa shape index (κ3) is 6.44. The first kappa shape index (κ1) is 22.1. The van der Waals surface area contributed by atoms with Crippen LogP contribution in [-0.2, 0) is 25.8 Å². The average Bonchev–Trinajstić information content (AvgIpc) is 2.70. The number of nitrogens with zero attached hydrogens (tertiary/aromatic N) is 1. The van der Waals surface area contributed by atoms with Crippen molar-refractivity contribution < 1.29 is 22.7 Å². The zero-order valence-corrected chi connectivity index (χ0v) is 18.3. The second-order valence-corrected chi connectivity index (χ2v) is 11.1. The number of sulfone groups is 1. The number of benzene rings is 1. The van der Waals surface area contributed by atoms with E-state index in [0.717, 1.165) is 50.2 Å². The Morgan fingerprint density at radius 1 is 1.10 bits per heavy atom. The molecule has 0 radical (unpaired) electrons. The fraction of sp³-hybridized carbons (Fsp3) is 0.682. The molecule has 6 nitrogen and oxygen atoms in total. The van der Waals surface area contributed by atoms with Crippen molar-refractivity contribution in [3.63, 3.8) is 0 Å². The Kier molecular flexibility index (Phi) is 7.57. The van der Waals surface area contributed by atoms with Gasteiger partial charge in [-0.25, -0.2) is 8.42 Å².